The molecule has 9 nitrogen and oxygen atoms in total. The lowest BCUT2D eigenvalue weighted by atomic mass is 9.78. The number of nitrogens with one attached hydrogen (secondary N) is 1. The summed E-state index contributed by atoms with van der Waals surface area (Å²) in [6.45, 7) is 2.99. The quantitative estimate of drug-likeness (QED) is 0.438. The van der Waals surface area contributed by atoms with Crippen molar-refractivity contribution in [2.24, 2.45) is 11.8 Å². The fourth-order valence-electron chi connectivity index (χ4n) is 7.16. The van der Waals surface area contributed by atoms with Crippen LogP contribution in [-0.4, -0.2) is 96.9 Å². The van der Waals surface area contributed by atoms with Gasteiger partial charge >= 0.3 is 0 Å². The summed E-state index contributed by atoms with van der Waals surface area (Å²) in [5.74, 6) is -1.97. The van der Waals surface area contributed by atoms with Gasteiger partial charge in [-0.1, -0.05) is 42.7 Å². The number of Topliss-reactive ketones (excluding diaryl/α,β-unsaturated/α-hetero) is 1. The second-order valence-electron chi connectivity index (χ2n) is 12.2. The third-order valence-electron chi connectivity index (χ3n) is 9.53. The van der Waals surface area contributed by atoms with Gasteiger partial charge in [-0.15, -0.1) is 0 Å². The maximum atomic E-state index is 15.0. The lowest BCUT2D eigenvalue weighted by Gasteiger charge is -2.47. The second kappa shape index (κ2) is 12.7. The van der Waals surface area contributed by atoms with E-state index < -0.39 is 40.8 Å². The summed E-state index contributed by atoms with van der Waals surface area (Å²) in [5, 5.41) is 3.15. The van der Waals surface area contributed by atoms with Gasteiger partial charge in [-0.05, 0) is 38.1 Å². The Bertz CT molecular complexity index is 1420. The number of carbonyl (C=O) groups excluding carboxylic acids is 3. The number of fused-ring (bicyclic) bond motifs is 1. The van der Waals surface area contributed by atoms with Gasteiger partial charge < -0.3 is 19.9 Å². The molecule has 4 atom stereocenters. The zero-order valence-electron chi connectivity index (χ0n) is 24.5. The van der Waals surface area contributed by atoms with E-state index in [4.69, 9.17) is 4.74 Å². The first kappa shape index (κ1) is 30.9. The number of hydrogen-bond acceptors (Lipinski definition) is 9. The highest BCUT2D eigenvalue weighted by Gasteiger charge is 2.59. The number of ether oxygens (including phenoxy) is 1. The molecule has 4 heterocycles. The van der Waals surface area contributed by atoms with Gasteiger partial charge in [-0.2, -0.15) is 13.2 Å². The number of aldehydes is 1. The van der Waals surface area contributed by atoms with Crippen LogP contribution in [-0.2, 0) is 14.3 Å². The van der Waals surface area contributed by atoms with Crippen LogP contribution in [0.3, 0.4) is 0 Å². The fourth-order valence-corrected chi connectivity index (χ4v) is 8.03. The van der Waals surface area contributed by atoms with Crippen LogP contribution < -0.4 is 10.2 Å². The van der Waals surface area contributed by atoms with Crippen molar-refractivity contribution < 1.29 is 32.3 Å². The monoisotopic (exact) mass is 631 g/mol. The normalized spacial score (nSPS) is 26.3. The van der Waals surface area contributed by atoms with Crippen molar-refractivity contribution in [2.75, 3.05) is 51.3 Å². The SMILES string of the molecule is CN1CCN(c2nc(-c3ccc(C(=O)NC(C=O)(C4CCCCC4)N4CC(C=C(F)F)C5OCC(=O)C54)cc3)c(F)s2)CC1. The van der Waals surface area contributed by atoms with Gasteiger partial charge in [0.1, 0.15) is 18.3 Å². The number of nitrogens with zero attached hydrogens (tertiary/aromatic N) is 4. The van der Waals surface area contributed by atoms with Gasteiger partial charge in [0.15, 0.2) is 22.9 Å². The number of likely N-dealkylation sites (N-methyl/N-ethyl adjacent to an activating group) is 1. The largest absolute Gasteiger partial charge is 0.368 e. The molecule has 1 aromatic carbocycles. The number of ketones is 1. The van der Waals surface area contributed by atoms with Crippen LogP contribution in [0.15, 0.2) is 36.4 Å². The van der Waals surface area contributed by atoms with Gasteiger partial charge in [-0.25, -0.2) is 4.98 Å². The second-order valence-corrected chi connectivity index (χ2v) is 13.1. The molecule has 4 aliphatic rings. The van der Waals surface area contributed by atoms with E-state index in [1.54, 1.807) is 29.2 Å². The van der Waals surface area contributed by atoms with E-state index >= 15 is 0 Å². The molecule has 1 saturated carbocycles. The molecule has 1 aromatic heterocycles. The Morgan fingerprint density at radius 3 is 2.48 bits per heavy atom. The van der Waals surface area contributed by atoms with E-state index in [0.717, 1.165) is 62.9 Å². The number of anilines is 1. The minimum Gasteiger partial charge on any atom is -0.368 e. The summed E-state index contributed by atoms with van der Waals surface area (Å²) >= 11 is 0.997. The topological polar surface area (TPSA) is 95.1 Å². The molecular formula is C31H36F3N5O4S. The predicted molar refractivity (Wildman–Crippen MR) is 159 cm³/mol. The zero-order chi connectivity index (χ0) is 31.0. The van der Waals surface area contributed by atoms with Gasteiger partial charge in [0, 0.05) is 55.7 Å². The van der Waals surface area contributed by atoms with E-state index in [1.807, 2.05) is 7.05 Å². The third kappa shape index (κ3) is 5.82. The van der Waals surface area contributed by atoms with Gasteiger partial charge in [0.25, 0.3) is 12.0 Å². The predicted octanol–water partition coefficient (Wildman–Crippen LogP) is 3.96. The zero-order valence-corrected chi connectivity index (χ0v) is 25.3. The van der Waals surface area contributed by atoms with Crippen molar-refractivity contribution in [2.45, 2.75) is 49.9 Å². The van der Waals surface area contributed by atoms with Crippen LogP contribution in [0.2, 0.25) is 0 Å². The molecular weight excluding hydrogens is 595 g/mol. The van der Waals surface area contributed by atoms with Crippen molar-refractivity contribution >= 4 is 34.4 Å². The molecule has 1 N–H and O–H groups in total. The van der Waals surface area contributed by atoms with Crippen molar-refractivity contribution in [1.29, 1.82) is 0 Å². The van der Waals surface area contributed by atoms with Gasteiger partial charge in [-0.3, -0.25) is 19.3 Å². The maximum Gasteiger partial charge on any atom is 0.266 e. The Kier molecular flexibility index (Phi) is 8.91. The van der Waals surface area contributed by atoms with Crippen molar-refractivity contribution in [3.63, 3.8) is 0 Å². The molecule has 0 radical (unpaired) electrons. The fraction of sp³-hybridized carbons (Fsp3) is 0.548. The molecule has 6 rings (SSSR count). The summed E-state index contributed by atoms with van der Waals surface area (Å²) < 4.78 is 47.3. The highest BCUT2D eigenvalue weighted by atomic mass is 32.1. The van der Waals surface area contributed by atoms with E-state index in [9.17, 15) is 27.6 Å². The number of hydrogen-bond donors (Lipinski definition) is 1. The average Bonchev–Trinajstić information content (AvgIpc) is 3.72. The highest BCUT2D eigenvalue weighted by Crippen LogP contribution is 2.43. The number of aromatic nitrogens is 1. The molecule has 13 heteroatoms. The molecule has 0 bridgehead atoms. The Balaban J connectivity index is 1.26. The van der Waals surface area contributed by atoms with Crippen molar-refractivity contribution in [3.8, 4) is 11.3 Å². The molecule has 1 aliphatic carbocycles. The van der Waals surface area contributed by atoms with Crippen LogP contribution in [0.4, 0.5) is 18.3 Å². The smallest absolute Gasteiger partial charge is 0.266 e. The van der Waals surface area contributed by atoms with Crippen LogP contribution in [0.1, 0.15) is 42.5 Å². The Hall–Kier alpha value is -3.13. The maximum absolute atomic E-state index is 15.0. The number of rotatable bonds is 8. The summed E-state index contributed by atoms with van der Waals surface area (Å²) in [6.07, 6.45) is 2.67. The summed E-state index contributed by atoms with van der Waals surface area (Å²) in [6, 6.07) is 5.42. The van der Waals surface area contributed by atoms with Gasteiger partial charge in [0.2, 0.25) is 5.13 Å². The van der Waals surface area contributed by atoms with E-state index in [2.05, 4.69) is 20.1 Å². The molecule has 236 valence electrons. The van der Waals surface area contributed by atoms with E-state index in [-0.39, 0.29) is 36.1 Å². The van der Waals surface area contributed by atoms with Crippen LogP contribution in [0.5, 0.6) is 0 Å². The lowest BCUT2D eigenvalue weighted by Crippen LogP contribution is -2.68. The van der Waals surface area contributed by atoms with Crippen molar-refractivity contribution in [1.82, 2.24) is 20.1 Å². The number of carbonyl (C=O) groups is 3. The molecule has 44 heavy (non-hydrogen) atoms. The molecule has 0 spiro atoms. The minimum atomic E-state index is -1.88. The molecule has 4 fully saturated rings. The summed E-state index contributed by atoms with van der Waals surface area (Å²) in [5.41, 5.74) is -0.622. The van der Waals surface area contributed by atoms with E-state index in [1.165, 1.54) is 0 Å². The number of benzene rings is 1. The molecule has 3 aliphatic heterocycles. The minimum absolute atomic E-state index is 0.0361. The number of halogens is 3. The lowest BCUT2D eigenvalue weighted by molar-refractivity contribution is -0.132. The standard InChI is InChI=1S/C31H36F3N5O4S/c1-37-11-13-38(14-12-37)30-35-25(28(34)44-30)19-7-9-20(10-8-19)29(42)36-31(18-40,22-5-3-2-4-6-22)39-16-21(15-24(32)33)27-26(39)23(41)17-43-27/h7-10,15,18,21-22,26-27H,2-6,11-14,16-17H2,1H3,(H,36,42). The van der Waals surface area contributed by atoms with Crippen LogP contribution in [0, 0.1) is 17.0 Å². The Labute approximate surface area is 258 Å². The third-order valence-corrected chi connectivity index (χ3v) is 10.4. The molecule has 2 aromatic rings. The van der Waals surface area contributed by atoms with Crippen LogP contribution in [0.25, 0.3) is 11.3 Å². The summed E-state index contributed by atoms with van der Waals surface area (Å²) in [4.78, 5) is 50.3. The number of thiazole rings is 1. The van der Waals surface area contributed by atoms with Crippen molar-refractivity contribution in [3.05, 3.63) is 47.1 Å². The Morgan fingerprint density at radius 1 is 1.11 bits per heavy atom. The Morgan fingerprint density at radius 2 is 1.82 bits per heavy atom. The molecule has 4 unspecified atom stereocenters. The number of piperazine rings is 1. The highest BCUT2D eigenvalue weighted by molar-refractivity contribution is 7.14. The van der Waals surface area contributed by atoms with Crippen LogP contribution >= 0.6 is 11.3 Å². The number of likely N-dealkylation sites (tertiary alicyclic amines) is 1. The first-order valence-electron chi connectivity index (χ1n) is 15.1. The molecule has 1 amide bonds. The first-order chi connectivity index (χ1) is 21.2. The average molecular weight is 632 g/mol. The van der Waals surface area contributed by atoms with Gasteiger partial charge in [0.05, 0.1) is 6.10 Å². The number of amides is 1. The first-order valence-corrected chi connectivity index (χ1v) is 15.9. The molecule has 3 saturated heterocycles. The summed E-state index contributed by atoms with van der Waals surface area (Å²) in [7, 11) is 2.05. The van der Waals surface area contributed by atoms with E-state index in [0.29, 0.717) is 29.8 Å².